The van der Waals surface area contributed by atoms with E-state index in [1.54, 1.807) is 11.0 Å². The van der Waals surface area contributed by atoms with Gasteiger partial charge in [0.05, 0.1) is 6.54 Å². The highest BCUT2D eigenvalue weighted by Crippen LogP contribution is 2.24. The summed E-state index contributed by atoms with van der Waals surface area (Å²) < 4.78 is 52.1. The maximum atomic E-state index is 12.6. The van der Waals surface area contributed by atoms with Gasteiger partial charge in [0.2, 0.25) is 17.1 Å². The van der Waals surface area contributed by atoms with Crippen molar-refractivity contribution in [2.45, 2.75) is 45.7 Å². The molecule has 0 saturated carbocycles. The van der Waals surface area contributed by atoms with Crippen molar-refractivity contribution in [3.63, 3.8) is 0 Å². The lowest BCUT2D eigenvalue weighted by Crippen LogP contribution is -2.47. The standard InChI is InChI=1S/C31H33F3N2O5/c1-30(2,3)24-9-4-23(5-10-24)20-40-28-21-39-26(18-27(28)37)19-35-14-16-36(17-15-35)29(38)13-8-22-6-11-25(12-7-22)41-31(32,33)34/h4-13,18,21H,14-17,19-20H2,1-3H3/b13-8+. The number of ether oxygens (including phenoxy) is 2. The zero-order chi connectivity index (χ0) is 29.6. The Hall–Kier alpha value is -4.05. The van der Waals surface area contributed by atoms with Crippen LogP contribution in [0.4, 0.5) is 13.2 Å². The predicted octanol–water partition coefficient (Wildman–Crippen LogP) is 5.77. The van der Waals surface area contributed by atoms with E-state index in [1.807, 2.05) is 12.1 Å². The number of piperazine rings is 1. The van der Waals surface area contributed by atoms with E-state index in [0.29, 0.717) is 44.0 Å². The molecule has 7 nitrogen and oxygen atoms in total. The number of nitrogens with zero attached hydrogens (tertiary/aromatic N) is 2. The zero-order valence-electron chi connectivity index (χ0n) is 23.2. The quantitative estimate of drug-likeness (QED) is 0.320. The summed E-state index contributed by atoms with van der Waals surface area (Å²) in [5.74, 6) is 0.145. The number of benzene rings is 2. The maximum absolute atomic E-state index is 12.6. The normalized spacial score (nSPS) is 14.8. The van der Waals surface area contributed by atoms with Gasteiger partial charge >= 0.3 is 6.36 Å². The minimum atomic E-state index is -4.75. The summed E-state index contributed by atoms with van der Waals surface area (Å²) in [6.07, 6.45) is -0.469. The Labute approximate surface area is 236 Å². The molecule has 1 aliphatic rings. The topological polar surface area (TPSA) is 72.2 Å². The summed E-state index contributed by atoms with van der Waals surface area (Å²) in [5.41, 5.74) is 2.56. The van der Waals surface area contributed by atoms with E-state index < -0.39 is 6.36 Å². The van der Waals surface area contributed by atoms with Crippen LogP contribution in [0.25, 0.3) is 6.08 Å². The van der Waals surface area contributed by atoms with Crippen molar-refractivity contribution in [3.8, 4) is 11.5 Å². The summed E-state index contributed by atoms with van der Waals surface area (Å²) in [6, 6.07) is 14.8. The summed E-state index contributed by atoms with van der Waals surface area (Å²) in [6.45, 7) is 9.30. The molecule has 218 valence electrons. The van der Waals surface area contributed by atoms with E-state index in [-0.39, 0.29) is 34.9 Å². The molecule has 3 aromatic rings. The Morgan fingerprint density at radius 3 is 2.22 bits per heavy atom. The first-order chi connectivity index (χ1) is 19.4. The third-order valence-electron chi connectivity index (χ3n) is 6.66. The first-order valence-electron chi connectivity index (χ1n) is 13.2. The Morgan fingerprint density at radius 2 is 1.63 bits per heavy atom. The predicted molar refractivity (Wildman–Crippen MR) is 148 cm³/mol. The highest BCUT2D eigenvalue weighted by atomic mass is 19.4. The van der Waals surface area contributed by atoms with E-state index in [9.17, 15) is 22.8 Å². The van der Waals surface area contributed by atoms with Gasteiger partial charge in [-0.05, 0) is 40.3 Å². The van der Waals surface area contributed by atoms with Gasteiger partial charge in [0.25, 0.3) is 0 Å². The fraction of sp³-hybridized carbons (Fsp3) is 0.355. The van der Waals surface area contributed by atoms with Gasteiger partial charge in [0, 0.05) is 38.3 Å². The smallest absolute Gasteiger partial charge is 0.482 e. The molecular weight excluding hydrogens is 537 g/mol. The van der Waals surface area contributed by atoms with Crippen molar-refractivity contribution >= 4 is 12.0 Å². The molecular formula is C31H33F3N2O5. The van der Waals surface area contributed by atoms with E-state index >= 15 is 0 Å². The molecule has 1 fully saturated rings. The van der Waals surface area contributed by atoms with Crippen LogP contribution in [0.5, 0.6) is 11.5 Å². The number of alkyl halides is 3. The molecule has 41 heavy (non-hydrogen) atoms. The minimum Gasteiger partial charge on any atom is -0.482 e. The molecule has 1 amide bonds. The lowest BCUT2D eigenvalue weighted by Gasteiger charge is -2.33. The Balaban J connectivity index is 1.23. The summed E-state index contributed by atoms with van der Waals surface area (Å²) in [5, 5.41) is 0. The second-order valence-corrected chi connectivity index (χ2v) is 10.9. The number of halogens is 3. The molecule has 0 bridgehead atoms. The highest BCUT2D eigenvalue weighted by molar-refractivity contribution is 5.91. The van der Waals surface area contributed by atoms with E-state index in [1.165, 1.54) is 48.2 Å². The van der Waals surface area contributed by atoms with Crippen LogP contribution in [0.1, 0.15) is 43.2 Å². The van der Waals surface area contributed by atoms with E-state index in [2.05, 4.69) is 42.5 Å². The number of amides is 1. The number of carbonyl (C=O) groups excluding carboxylic acids is 1. The van der Waals surface area contributed by atoms with Gasteiger partial charge in [-0.15, -0.1) is 13.2 Å². The SMILES string of the molecule is CC(C)(C)c1ccc(COc2coc(CN3CCN(C(=O)/C=C/c4ccc(OC(F)(F)F)cc4)CC3)cc2=O)cc1. The number of hydrogen-bond donors (Lipinski definition) is 0. The summed E-state index contributed by atoms with van der Waals surface area (Å²) >= 11 is 0. The van der Waals surface area contributed by atoms with Gasteiger partial charge in [0.1, 0.15) is 24.4 Å². The average molecular weight is 571 g/mol. The molecule has 1 aliphatic heterocycles. The van der Waals surface area contributed by atoms with Gasteiger partial charge in [-0.1, -0.05) is 57.2 Å². The Morgan fingerprint density at radius 1 is 0.976 bits per heavy atom. The van der Waals surface area contributed by atoms with Crippen LogP contribution in [0, 0.1) is 0 Å². The van der Waals surface area contributed by atoms with Crippen LogP contribution in [-0.2, 0) is 23.4 Å². The molecule has 1 saturated heterocycles. The molecule has 0 spiro atoms. The second kappa shape index (κ2) is 12.6. The van der Waals surface area contributed by atoms with Gasteiger partial charge in [-0.3, -0.25) is 14.5 Å². The number of hydrogen-bond acceptors (Lipinski definition) is 6. The monoisotopic (exact) mass is 570 g/mol. The lowest BCUT2D eigenvalue weighted by molar-refractivity contribution is -0.274. The molecule has 2 heterocycles. The van der Waals surface area contributed by atoms with Gasteiger partial charge in [0.15, 0.2) is 0 Å². The van der Waals surface area contributed by atoms with Crippen LogP contribution in [0.3, 0.4) is 0 Å². The fourth-order valence-electron chi connectivity index (χ4n) is 4.29. The molecule has 0 radical (unpaired) electrons. The van der Waals surface area contributed by atoms with Crippen molar-refractivity contribution in [2.24, 2.45) is 0 Å². The Kier molecular flexibility index (Phi) is 9.22. The van der Waals surface area contributed by atoms with Crippen molar-refractivity contribution in [3.05, 3.63) is 99.6 Å². The Bertz CT molecular complexity index is 1400. The highest BCUT2D eigenvalue weighted by Gasteiger charge is 2.31. The lowest BCUT2D eigenvalue weighted by atomic mass is 9.87. The number of carbonyl (C=O) groups is 1. The van der Waals surface area contributed by atoms with Gasteiger partial charge in [-0.25, -0.2) is 0 Å². The molecule has 10 heteroatoms. The molecule has 0 unspecified atom stereocenters. The van der Waals surface area contributed by atoms with Gasteiger partial charge < -0.3 is 18.8 Å². The van der Waals surface area contributed by atoms with Crippen molar-refractivity contribution in [1.82, 2.24) is 9.80 Å². The van der Waals surface area contributed by atoms with Crippen LogP contribution in [0.15, 0.2) is 76.1 Å². The minimum absolute atomic E-state index is 0.0619. The van der Waals surface area contributed by atoms with Crippen molar-refractivity contribution in [2.75, 3.05) is 26.2 Å². The van der Waals surface area contributed by atoms with Crippen LogP contribution in [-0.4, -0.2) is 48.2 Å². The first kappa shape index (κ1) is 29.9. The first-order valence-corrected chi connectivity index (χ1v) is 13.2. The maximum Gasteiger partial charge on any atom is 0.573 e. The van der Waals surface area contributed by atoms with Crippen LogP contribution >= 0.6 is 0 Å². The average Bonchev–Trinajstić information content (AvgIpc) is 2.91. The fourth-order valence-corrected chi connectivity index (χ4v) is 4.29. The van der Waals surface area contributed by atoms with Crippen molar-refractivity contribution in [1.29, 1.82) is 0 Å². The summed E-state index contributed by atoms with van der Waals surface area (Å²) in [7, 11) is 0. The third-order valence-corrected chi connectivity index (χ3v) is 6.66. The zero-order valence-corrected chi connectivity index (χ0v) is 23.2. The van der Waals surface area contributed by atoms with E-state index in [0.717, 1.165) is 5.56 Å². The van der Waals surface area contributed by atoms with Crippen molar-refractivity contribution < 1.29 is 31.9 Å². The van der Waals surface area contributed by atoms with Crippen LogP contribution < -0.4 is 14.9 Å². The molecule has 2 aromatic carbocycles. The van der Waals surface area contributed by atoms with Gasteiger partial charge in [-0.2, -0.15) is 0 Å². The second-order valence-electron chi connectivity index (χ2n) is 10.9. The third kappa shape index (κ3) is 8.97. The molecule has 4 rings (SSSR count). The number of rotatable bonds is 8. The molecule has 1 aromatic heterocycles. The largest absolute Gasteiger partial charge is 0.573 e. The molecule has 0 atom stereocenters. The van der Waals surface area contributed by atoms with Crippen LogP contribution in [0.2, 0.25) is 0 Å². The van der Waals surface area contributed by atoms with E-state index in [4.69, 9.17) is 9.15 Å². The molecule has 0 N–H and O–H groups in total. The molecule has 0 aliphatic carbocycles. The summed E-state index contributed by atoms with van der Waals surface area (Å²) in [4.78, 5) is 28.9.